The predicted octanol–water partition coefficient (Wildman–Crippen LogP) is 7.48. The summed E-state index contributed by atoms with van der Waals surface area (Å²) in [5.41, 5.74) is 2.82. The zero-order valence-electron chi connectivity index (χ0n) is 22.8. The number of aliphatic hydroxyl groups excluding tert-OH is 1. The molecule has 0 heterocycles. The molecular weight excluding hydrogens is 420 g/mol. The molecule has 0 aromatic rings. The van der Waals surface area contributed by atoms with Gasteiger partial charge in [0.25, 0.3) is 0 Å². The van der Waals surface area contributed by atoms with Crippen molar-refractivity contribution in [1.82, 2.24) is 0 Å². The van der Waals surface area contributed by atoms with Crippen molar-refractivity contribution in [2.24, 2.45) is 56.7 Å². The number of aliphatic hydroxyl groups is 1. The van der Waals surface area contributed by atoms with Gasteiger partial charge in [0, 0.05) is 0 Å². The summed E-state index contributed by atoms with van der Waals surface area (Å²) < 4.78 is 0. The number of carboxylic acid groups (broad SMARTS) is 1. The lowest BCUT2D eigenvalue weighted by atomic mass is 9.41. The average Bonchev–Trinajstić information content (AvgIpc) is 3.36. The van der Waals surface area contributed by atoms with Crippen molar-refractivity contribution < 1.29 is 15.0 Å². The largest absolute Gasteiger partial charge is 0.481 e. The van der Waals surface area contributed by atoms with Gasteiger partial charge >= 0.3 is 5.97 Å². The summed E-state index contributed by atoms with van der Waals surface area (Å²) in [4.78, 5) is 11.4. The van der Waals surface area contributed by atoms with Crippen LogP contribution < -0.4 is 0 Å². The lowest BCUT2D eigenvalue weighted by molar-refractivity contribution is -0.161. The van der Waals surface area contributed by atoms with E-state index in [1.54, 1.807) is 6.92 Å². The highest BCUT2D eigenvalue weighted by Crippen LogP contribution is 2.89. The van der Waals surface area contributed by atoms with Crippen LogP contribution in [-0.2, 0) is 4.79 Å². The Morgan fingerprint density at radius 3 is 2.24 bits per heavy atom. The summed E-state index contributed by atoms with van der Waals surface area (Å²) in [6.07, 6.45) is 13.6. The second-order valence-corrected chi connectivity index (χ2v) is 14.8. The Balaban J connectivity index is 1.35. The highest BCUT2D eigenvalue weighted by atomic mass is 16.4. The van der Waals surface area contributed by atoms with Gasteiger partial charge in [-0.15, -0.1) is 0 Å². The normalized spacial score (nSPS) is 50.2. The minimum Gasteiger partial charge on any atom is -0.481 e. The fourth-order valence-electron chi connectivity index (χ4n) is 11.3. The third-order valence-electron chi connectivity index (χ3n) is 13.7. The molecule has 5 aliphatic carbocycles. The van der Waals surface area contributed by atoms with E-state index in [2.05, 4.69) is 41.2 Å². The van der Waals surface area contributed by atoms with Gasteiger partial charge in [0.2, 0.25) is 0 Å². The number of hydrogen-bond acceptors (Lipinski definition) is 2. The molecule has 0 saturated heterocycles. The summed E-state index contributed by atoms with van der Waals surface area (Å²) >= 11 is 0. The number of carboxylic acids is 1. The van der Waals surface area contributed by atoms with Gasteiger partial charge in [-0.25, -0.2) is 0 Å². The number of aliphatic carboxylic acids is 1. The molecule has 5 fully saturated rings. The fraction of sp³-hybridized carbons (Fsp3) is 0.903. The van der Waals surface area contributed by atoms with Gasteiger partial charge in [0.15, 0.2) is 0 Å². The zero-order chi connectivity index (χ0) is 24.9. The lowest BCUT2D eigenvalue weighted by Gasteiger charge is -2.63. The van der Waals surface area contributed by atoms with Crippen molar-refractivity contribution in [2.75, 3.05) is 0 Å². The first-order chi connectivity index (χ1) is 15.8. The molecule has 192 valence electrons. The molecule has 5 aliphatic rings. The van der Waals surface area contributed by atoms with Crippen molar-refractivity contribution in [3.8, 4) is 0 Å². The predicted molar refractivity (Wildman–Crippen MR) is 137 cm³/mol. The molecule has 0 unspecified atom stereocenters. The van der Waals surface area contributed by atoms with Crippen LogP contribution in [0.3, 0.4) is 0 Å². The molecule has 0 aliphatic heterocycles. The smallest absolute Gasteiger partial charge is 0.310 e. The van der Waals surface area contributed by atoms with E-state index in [0.717, 1.165) is 36.7 Å². The van der Waals surface area contributed by atoms with Gasteiger partial charge in [0.1, 0.15) is 0 Å². The van der Waals surface area contributed by atoms with Crippen LogP contribution >= 0.6 is 0 Å². The maximum Gasteiger partial charge on any atom is 0.310 e. The molecule has 0 amide bonds. The maximum absolute atomic E-state index is 11.4. The Morgan fingerprint density at radius 2 is 1.56 bits per heavy atom. The number of fused-ring (bicyclic) bond motifs is 2. The topological polar surface area (TPSA) is 57.5 Å². The fourth-order valence-corrected chi connectivity index (χ4v) is 11.3. The SMILES string of the molecule is C=C(CC[C@H](C)[C@H]1CC[C@@]2(C)[C@@H]3CC[C@H]4C(C)(C)[C@@H](O)CC[C@@]45C[C@@]35CC[C@]12C)[C@@H](C)C(=O)O. The molecule has 2 N–H and O–H groups in total. The van der Waals surface area contributed by atoms with E-state index in [1.165, 1.54) is 51.4 Å². The summed E-state index contributed by atoms with van der Waals surface area (Å²) in [6, 6.07) is 0. The van der Waals surface area contributed by atoms with E-state index < -0.39 is 11.9 Å². The van der Waals surface area contributed by atoms with Crippen molar-refractivity contribution in [1.29, 1.82) is 0 Å². The number of carbonyl (C=O) groups is 1. The molecule has 34 heavy (non-hydrogen) atoms. The molecule has 0 bridgehead atoms. The summed E-state index contributed by atoms with van der Waals surface area (Å²) in [6.45, 7) is 18.3. The Kier molecular flexibility index (Phi) is 5.55. The van der Waals surface area contributed by atoms with Crippen molar-refractivity contribution in [3.63, 3.8) is 0 Å². The first kappa shape index (κ1) is 24.8. The van der Waals surface area contributed by atoms with E-state index in [9.17, 15) is 15.0 Å². The minimum atomic E-state index is -0.747. The zero-order valence-corrected chi connectivity index (χ0v) is 22.8. The average molecular weight is 471 g/mol. The second-order valence-electron chi connectivity index (χ2n) is 14.8. The molecule has 0 aromatic heterocycles. The Hall–Kier alpha value is -0.830. The number of rotatable bonds is 6. The molecule has 10 atom stereocenters. The van der Waals surface area contributed by atoms with Gasteiger partial charge in [-0.1, -0.05) is 46.8 Å². The van der Waals surface area contributed by atoms with Crippen LogP contribution in [0.15, 0.2) is 12.2 Å². The Bertz CT molecular complexity index is 876. The van der Waals surface area contributed by atoms with E-state index in [-0.39, 0.29) is 11.5 Å². The van der Waals surface area contributed by atoms with Crippen LogP contribution in [0, 0.1) is 56.7 Å². The van der Waals surface area contributed by atoms with Gasteiger partial charge in [-0.2, -0.15) is 0 Å². The van der Waals surface area contributed by atoms with Crippen LogP contribution in [0.2, 0.25) is 0 Å². The third kappa shape index (κ3) is 2.94. The highest BCUT2D eigenvalue weighted by Gasteiger charge is 2.82. The van der Waals surface area contributed by atoms with Crippen molar-refractivity contribution in [3.05, 3.63) is 12.2 Å². The van der Waals surface area contributed by atoms with E-state index in [0.29, 0.717) is 33.5 Å². The lowest BCUT2D eigenvalue weighted by Crippen LogP contribution is -2.57. The van der Waals surface area contributed by atoms with Crippen LogP contribution in [0.4, 0.5) is 0 Å². The Labute approximate surface area is 208 Å². The van der Waals surface area contributed by atoms with E-state index in [1.807, 2.05) is 0 Å². The molecule has 0 radical (unpaired) electrons. The third-order valence-corrected chi connectivity index (χ3v) is 13.7. The van der Waals surface area contributed by atoms with Crippen LogP contribution in [0.5, 0.6) is 0 Å². The molecule has 2 spiro atoms. The van der Waals surface area contributed by atoms with E-state index in [4.69, 9.17) is 0 Å². The van der Waals surface area contributed by atoms with E-state index >= 15 is 0 Å². The summed E-state index contributed by atoms with van der Waals surface area (Å²) in [5, 5.41) is 20.2. The maximum atomic E-state index is 11.4. The summed E-state index contributed by atoms with van der Waals surface area (Å²) in [7, 11) is 0. The van der Waals surface area contributed by atoms with Gasteiger partial charge in [-0.05, 0) is 128 Å². The standard InChI is InChI=1S/C31H50O3/c1-19(21(3)26(33)34)8-9-20(2)22-12-14-29(7)24-11-10-23-27(4,5)25(32)13-15-30(23)18-31(24,30)17-16-28(22,29)6/h20-25,32H,1,8-18H2,2-7H3,(H,33,34)/t20-,21+,22+,23-,24-,25-,28+,29-,30+,31-/m0/s1. The van der Waals surface area contributed by atoms with Crippen molar-refractivity contribution in [2.45, 2.75) is 118 Å². The highest BCUT2D eigenvalue weighted by molar-refractivity contribution is 5.72. The minimum absolute atomic E-state index is 0.0661. The van der Waals surface area contributed by atoms with Crippen LogP contribution in [0.1, 0.15) is 112 Å². The monoisotopic (exact) mass is 470 g/mol. The summed E-state index contributed by atoms with van der Waals surface area (Å²) in [5.74, 6) is 1.71. The molecule has 3 nitrogen and oxygen atoms in total. The van der Waals surface area contributed by atoms with Gasteiger partial charge < -0.3 is 10.2 Å². The molecule has 3 heteroatoms. The second kappa shape index (κ2) is 7.59. The van der Waals surface area contributed by atoms with Crippen LogP contribution in [0.25, 0.3) is 0 Å². The van der Waals surface area contributed by atoms with Gasteiger partial charge in [0.05, 0.1) is 12.0 Å². The quantitative estimate of drug-likeness (QED) is 0.396. The molecule has 5 rings (SSSR count). The Morgan fingerprint density at radius 1 is 0.912 bits per heavy atom. The van der Waals surface area contributed by atoms with Crippen LogP contribution in [-0.4, -0.2) is 22.3 Å². The molecular formula is C31H50O3. The number of hydrogen-bond donors (Lipinski definition) is 2. The van der Waals surface area contributed by atoms with Gasteiger partial charge in [-0.3, -0.25) is 4.79 Å². The first-order valence-corrected chi connectivity index (χ1v) is 14.4. The molecule has 0 aromatic carbocycles. The first-order valence-electron chi connectivity index (χ1n) is 14.4. The molecule has 5 saturated carbocycles. The van der Waals surface area contributed by atoms with Crippen molar-refractivity contribution >= 4 is 5.97 Å².